The van der Waals surface area contributed by atoms with Gasteiger partial charge in [0.05, 0.1) is 10.6 Å². The fourth-order valence-electron chi connectivity index (χ4n) is 4.45. The summed E-state index contributed by atoms with van der Waals surface area (Å²) in [5.74, 6) is -0.669. The normalized spacial score (nSPS) is 12.8. The summed E-state index contributed by atoms with van der Waals surface area (Å²) in [4.78, 5) is 30.0. The monoisotopic (exact) mass is 595 g/mol. The summed E-state index contributed by atoms with van der Waals surface area (Å²) in [7, 11) is -4.09. The van der Waals surface area contributed by atoms with Crippen LogP contribution < -0.4 is 9.62 Å². The lowest BCUT2D eigenvalue weighted by Gasteiger charge is -2.33. The van der Waals surface area contributed by atoms with E-state index in [1.807, 2.05) is 76.4 Å². The van der Waals surface area contributed by atoms with Crippen LogP contribution in [0.15, 0.2) is 88.7 Å². The Labute approximate surface area is 249 Å². The first kappa shape index (κ1) is 32.2. The predicted molar refractivity (Wildman–Crippen MR) is 168 cm³/mol. The molecule has 0 spiro atoms. The molecule has 1 N–H and O–H groups in total. The SMILES string of the molecule is CC[C@@H](C)NC(=O)[C@@H](CC)N(CCc1ccccc1)C(=O)CN(c1ccc(C)cc1)S(=O)(=O)c1ccc(SC)cc1. The zero-order valence-electron chi connectivity index (χ0n) is 24.5. The van der Waals surface area contributed by atoms with Crippen LogP contribution in [-0.4, -0.2) is 56.6 Å². The molecule has 0 aliphatic rings. The third kappa shape index (κ3) is 8.60. The summed E-state index contributed by atoms with van der Waals surface area (Å²) in [5.41, 5.74) is 2.39. The fraction of sp³-hybridized carbons (Fsp3) is 0.375. The molecule has 41 heavy (non-hydrogen) atoms. The number of carbonyl (C=O) groups excluding carboxylic acids is 2. The van der Waals surface area contributed by atoms with Crippen molar-refractivity contribution in [2.24, 2.45) is 0 Å². The molecule has 3 rings (SSSR count). The van der Waals surface area contributed by atoms with Crippen LogP contribution in [0.25, 0.3) is 0 Å². The largest absolute Gasteiger partial charge is 0.352 e. The Balaban J connectivity index is 2.00. The molecular formula is C32H41N3O4S2. The summed E-state index contributed by atoms with van der Waals surface area (Å²) in [5, 5.41) is 3.01. The summed E-state index contributed by atoms with van der Waals surface area (Å²) in [6.45, 7) is 7.54. The van der Waals surface area contributed by atoms with Crippen molar-refractivity contribution in [3.05, 3.63) is 90.0 Å². The first-order valence-corrected chi connectivity index (χ1v) is 16.6. The zero-order chi connectivity index (χ0) is 30.0. The molecule has 0 bridgehead atoms. The third-order valence-electron chi connectivity index (χ3n) is 7.12. The lowest BCUT2D eigenvalue weighted by atomic mass is 10.1. The summed E-state index contributed by atoms with van der Waals surface area (Å²) >= 11 is 1.52. The highest BCUT2D eigenvalue weighted by Gasteiger charge is 2.33. The van der Waals surface area contributed by atoms with Crippen molar-refractivity contribution in [3.8, 4) is 0 Å². The molecular weight excluding hydrogens is 555 g/mol. The molecule has 3 aromatic rings. The van der Waals surface area contributed by atoms with E-state index >= 15 is 0 Å². The molecule has 0 fully saturated rings. The molecule has 2 amide bonds. The molecule has 0 aliphatic heterocycles. The number of carbonyl (C=O) groups is 2. The predicted octanol–water partition coefficient (Wildman–Crippen LogP) is 5.68. The number of nitrogens with one attached hydrogen (secondary N) is 1. The lowest BCUT2D eigenvalue weighted by Crippen LogP contribution is -2.54. The Morgan fingerprint density at radius 1 is 0.902 bits per heavy atom. The van der Waals surface area contributed by atoms with Gasteiger partial charge in [-0.05, 0) is 81.3 Å². The van der Waals surface area contributed by atoms with Gasteiger partial charge in [-0.3, -0.25) is 13.9 Å². The number of hydrogen-bond donors (Lipinski definition) is 1. The molecule has 7 nitrogen and oxygen atoms in total. The van der Waals surface area contributed by atoms with Crippen LogP contribution >= 0.6 is 11.8 Å². The maximum absolute atomic E-state index is 14.1. The topological polar surface area (TPSA) is 86.8 Å². The number of benzene rings is 3. The maximum atomic E-state index is 14.1. The number of aryl methyl sites for hydroxylation is 1. The van der Waals surface area contributed by atoms with Crippen LogP contribution in [0.4, 0.5) is 5.69 Å². The van der Waals surface area contributed by atoms with E-state index in [1.54, 1.807) is 36.4 Å². The van der Waals surface area contributed by atoms with Gasteiger partial charge in [-0.1, -0.05) is 61.9 Å². The fourth-order valence-corrected chi connectivity index (χ4v) is 6.27. The first-order chi connectivity index (χ1) is 19.6. The smallest absolute Gasteiger partial charge is 0.264 e. The Morgan fingerprint density at radius 2 is 1.54 bits per heavy atom. The lowest BCUT2D eigenvalue weighted by molar-refractivity contribution is -0.139. The van der Waals surface area contributed by atoms with Gasteiger partial charge in [0.2, 0.25) is 11.8 Å². The average molecular weight is 596 g/mol. The molecule has 0 radical (unpaired) electrons. The standard InChI is InChI=1S/C32H41N3O4S2/c1-6-25(4)33-32(37)30(7-2)34(22-21-26-11-9-8-10-12-26)31(36)23-35(27-15-13-24(3)14-16-27)41(38,39)29-19-17-28(40-5)18-20-29/h8-20,25,30H,6-7,21-23H2,1-5H3,(H,33,37)/t25-,30-/m1/s1. The summed E-state index contributed by atoms with van der Waals surface area (Å²) in [6.07, 6.45) is 3.62. The van der Waals surface area contributed by atoms with Gasteiger partial charge in [0, 0.05) is 17.5 Å². The van der Waals surface area contributed by atoms with E-state index in [9.17, 15) is 18.0 Å². The number of amides is 2. The number of anilines is 1. The minimum Gasteiger partial charge on any atom is -0.352 e. The quantitative estimate of drug-likeness (QED) is 0.243. The van der Waals surface area contributed by atoms with Crippen molar-refractivity contribution in [3.63, 3.8) is 0 Å². The van der Waals surface area contributed by atoms with Crippen molar-refractivity contribution in [2.75, 3.05) is 23.7 Å². The molecule has 0 aromatic heterocycles. The van der Waals surface area contributed by atoms with Gasteiger partial charge < -0.3 is 10.2 Å². The summed E-state index contributed by atoms with van der Waals surface area (Å²) < 4.78 is 29.1. The molecule has 0 aliphatic carbocycles. The van der Waals surface area contributed by atoms with Gasteiger partial charge in [-0.2, -0.15) is 0 Å². The van der Waals surface area contributed by atoms with Crippen molar-refractivity contribution in [2.45, 2.75) is 68.8 Å². The van der Waals surface area contributed by atoms with E-state index < -0.39 is 28.5 Å². The molecule has 0 heterocycles. The third-order valence-corrected chi connectivity index (χ3v) is 9.65. The van der Waals surface area contributed by atoms with E-state index in [0.717, 1.165) is 26.7 Å². The van der Waals surface area contributed by atoms with E-state index in [2.05, 4.69) is 5.32 Å². The second kappa shape index (κ2) is 15.1. The van der Waals surface area contributed by atoms with Gasteiger partial charge in [-0.25, -0.2) is 8.42 Å². The van der Waals surface area contributed by atoms with Crippen LogP contribution in [0, 0.1) is 6.92 Å². The molecule has 0 saturated heterocycles. The minimum atomic E-state index is -4.09. The molecule has 2 atom stereocenters. The van der Waals surface area contributed by atoms with Gasteiger partial charge >= 0.3 is 0 Å². The Morgan fingerprint density at radius 3 is 2.10 bits per heavy atom. The van der Waals surface area contributed by atoms with Crippen LogP contribution in [0.3, 0.4) is 0 Å². The highest BCUT2D eigenvalue weighted by Crippen LogP contribution is 2.26. The second-order valence-corrected chi connectivity index (χ2v) is 12.8. The zero-order valence-corrected chi connectivity index (χ0v) is 26.2. The van der Waals surface area contributed by atoms with Crippen LogP contribution in [0.5, 0.6) is 0 Å². The van der Waals surface area contributed by atoms with Crippen molar-refractivity contribution in [1.82, 2.24) is 10.2 Å². The number of nitrogens with zero attached hydrogens (tertiary/aromatic N) is 2. The Hall–Kier alpha value is -3.30. The average Bonchev–Trinajstić information content (AvgIpc) is 2.98. The maximum Gasteiger partial charge on any atom is 0.264 e. The first-order valence-electron chi connectivity index (χ1n) is 14.0. The highest BCUT2D eigenvalue weighted by molar-refractivity contribution is 7.98. The Kier molecular flexibility index (Phi) is 11.8. The molecule has 3 aromatic carbocycles. The van der Waals surface area contributed by atoms with Crippen molar-refractivity contribution in [1.29, 1.82) is 0 Å². The van der Waals surface area contributed by atoms with E-state index in [0.29, 0.717) is 18.5 Å². The van der Waals surface area contributed by atoms with Crippen molar-refractivity contribution < 1.29 is 18.0 Å². The number of thioether (sulfide) groups is 1. The molecule has 220 valence electrons. The number of rotatable bonds is 14. The number of sulfonamides is 1. The number of hydrogen-bond acceptors (Lipinski definition) is 5. The van der Waals surface area contributed by atoms with Gasteiger partial charge in [0.15, 0.2) is 0 Å². The minimum absolute atomic E-state index is 0.0451. The molecule has 0 unspecified atom stereocenters. The van der Waals surface area contributed by atoms with Crippen LogP contribution in [0.1, 0.15) is 44.7 Å². The van der Waals surface area contributed by atoms with Crippen molar-refractivity contribution >= 4 is 39.3 Å². The van der Waals surface area contributed by atoms with Gasteiger partial charge in [-0.15, -0.1) is 11.8 Å². The van der Waals surface area contributed by atoms with E-state index in [4.69, 9.17) is 0 Å². The van der Waals surface area contributed by atoms with Gasteiger partial charge in [0.25, 0.3) is 10.0 Å². The van der Waals surface area contributed by atoms with E-state index in [1.165, 1.54) is 16.7 Å². The molecule has 9 heteroatoms. The van der Waals surface area contributed by atoms with Gasteiger partial charge in [0.1, 0.15) is 12.6 Å². The highest BCUT2D eigenvalue weighted by atomic mass is 32.2. The molecule has 0 saturated carbocycles. The van der Waals surface area contributed by atoms with E-state index in [-0.39, 0.29) is 23.4 Å². The second-order valence-electron chi connectivity index (χ2n) is 10.1. The summed E-state index contributed by atoms with van der Waals surface area (Å²) in [6, 6.07) is 22.7. The van der Waals surface area contributed by atoms with Crippen LogP contribution in [0.2, 0.25) is 0 Å². The van der Waals surface area contributed by atoms with Crippen LogP contribution in [-0.2, 0) is 26.0 Å². The Bertz CT molecular complexity index is 1380.